The normalized spacial score (nSPS) is 10.9. The van der Waals surface area contributed by atoms with Gasteiger partial charge in [-0.1, -0.05) is 19.7 Å². The van der Waals surface area contributed by atoms with E-state index in [0.29, 0.717) is 18.2 Å². The number of esters is 3. The van der Waals surface area contributed by atoms with Crippen LogP contribution >= 0.6 is 0 Å². The van der Waals surface area contributed by atoms with Crippen molar-refractivity contribution in [3.8, 4) is 0 Å². The van der Waals surface area contributed by atoms with Crippen molar-refractivity contribution in [3.63, 3.8) is 0 Å². The number of ether oxygens (including phenoxy) is 3. The zero-order valence-corrected chi connectivity index (χ0v) is 10.7. The monoisotopic (exact) mass is 286 g/mol. The molecule has 0 heterocycles. The lowest BCUT2D eigenvalue weighted by molar-refractivity contribution is -0.435. The van der Waals surface area contributed by atoms with Crippen LogP contribution in [0.1, 0.15) is 6.92 Å². The maximum atomic E-state index is 11.2. The van der Waals surface area contributed by atoms with Crippen LogP contribution in [0.15, 0.2) is 38.0 Å². The van der Waals surface area contributed by atoms with Gasteiger partial charge in [0.25, 0.3) is 0 Å². The maximum Gasteiger partial charge on any atom is 0.406 e. The number of rotatable bonds is 7. The van der Waals surface area contributed by atoms with Crippen LogP contribution in [0.25, 0.3) is 0 Å². The lowest BCUT2D eigenvalue weighted by Crippen LogP contribution is -2.59. The summed E-state index contributed by atoms with van der Waals surface area (Å²) >= 11 is 0. The molecule has 0 amide bonds. The fourth-order valence-corrected chi connectivity index (χ4v) is 0.896. The van der Waals surface area contributed by atoms with Gasteiger partial charge in [0.2, 0.25) is 0 Å². The van der Waals surface area contributed by atoms with E-state index in [1.54, 1.807) is 0 Å². The van der Waals surface area contributed by atoms with Crippen molar-refractivity contribution < 1.29 is 38.8 Å². The zero-order chi connectivity index (χ0) is 16.0. The molecule has 0 bridgehead atoms. The van der Waals surface area contributed by atoms with Gasteiger partial charge in [-0.3, -0.25) is 0 Å². The van der Waals surface area contributed by atoms with Crippen molar-refractivity contribution in [1.29, 1.82) is 0 Å². The highest BCUT2D eigenvalue weighted by molar-refractivity contribution is 5.84. The molecule has 0 spiro atoms. The quantitative estimate of drug-likeness (QED) is 0.366. The Morgan fingerprint density at radius 2 is 1.15 bits per heavy atom. The fraction of sp³-hybridized carbons (Fsp3) is 0.250. The third-order valence-corrected chi connectivity index (χ3v) is 1.93. The smallest absolute Gasteiger partial charge is 0.406 e. The Morgan fingerprint density at radius 3 is 1.45 bits per heavy atom. The average molecular weight is 286 g/mol. The molecule has 8 heteroatoms. The third-order valence-electron chi connectivity index (χ3n) is 1.93. The molecule has 0 atom stereocenters. The van der Waals surface area contributed by atoms with Crippen LogP contribution in [0.4, 0.5) is 0 Å². The molecule has 20 heavy (non-hydrogen) atoms. The van der Waals surface area contributed by atoms with Crippen molar-refractivity contribution in [3.05, 3.63) is 38.0 Å². The van der Waals surface area contributed by atoms with Crippen LogP contribution < -0.4 is 0 Å². The summed E-state index contributed by atoms with van der Waals surface area (Å²) in [6, 6.07) is 0. The minimum absolute atomic E-state index is 0.617. The summed E-state index contributed by atoms with van der Waals surface area (Å²) in [4.78, 5) is 33.3. The second-order valence-corrected chi connectivity index (χ2v) is 3.43. The summed E-state index contributed by atoms with van der Waals surface area (Å²) in [7, 11) is 0. The molecule has 0 saturated heterocycles. The van der Waals surface area contributed by atoms with Gasteiger partial charge in [0.15, 0.2) is 0 Å². The van der Waals surface area contributed by atoms with Crippen LogP contribution in [0, 0.1) is 0 Å². The lowest BCUT2D eigenvalue weighted by atomic mass is 10.2. The molecule has 0 fully saturated rings. The first-order chi connectivity index (χ1) is 9.11. The van der Waals surface area contributed by atoms with Gasteiger partial charge in [0, 0.05) is 25.2 Å². The summed E-state index contributed by atoms with van der Waals surface area (Å²) in [5, 5.41) is 19.3. The molecule has 0 aromatic heterocycles. The summed E-state index contributed by atoms with van der Waals surface area (Å²) in [5.41, 5.74) is 0. The topological polar surface area (TPSA) is 119 Å². The predicted molar refractivity (Wildman–Crippen MR) is 64.4 cm³/mol. The molecular formula is C12H14O8. The van der Waals surface area contributed by atoms with Gasteiger partial charge < -0.3 is 24.4 Å². The van der Waals surface area contributed by atoms with Gasteiger partial charge in [-0.25, -0.2) is 14.4 Å². The Morgan fingerprint density at radius 1 is 0.850 bits per heavy atom. The first-order valence-electron chi connectivity index (χ1n) is 5.13. The minimum atomic E-state index is -3.46. The van der Waals surface area contributed by atoms with E-state index >= 15 is 0 Å². The van der Waals surface area contributed by atoms with Crippen LogP contribution in [0.3, 0.4) is 0 Å². The van der Waals surface area contributed by atoms with E-state index in [0.717, 1.165) is 6.92 Å². The van der Waals surface area contributed by atoms with E-state index in [4.69, 9.17) is 0 Å². The molecule has 0 aliphatic heterocycles. The Kier molecular flexibility index (Phi) is 5.83. The highest BCUT2D eigenvalue weighted by Gasteiger charge is 2.57. The summed E-state index contributed by atoms with van der Waals surface area (Å²) < 4.78 is 13.2. The second kappa shape index (κ2) is 6.64. The highest BCUT2D eigenvalue weighted by atomic mass is 16.9. The molecule has 0 saturated carbocycles. The Hall–Kier alpha value is -2.45. The summed E-state index contributed by atoms with van der Waals surface area (Å²) in [6.45, 7) is 9.98. The molecule has 0 unspecified atom stereocenters. The molecule has 8 nitrogen and oxygen atoms in total. The van der Waals surface area contributed by atoms with Crippen LogP contribution in [-0.2, 0) is 28.6 Å². The number of carbonyl (C=O) groups is 3. The van der Waals surface area contributed by atoms with Gasteiger partial charge in [0.1, 0.15) is 0 Å². The van der Waals surface area contributed by atoms with E-state index in [9.17, 15) is 24.6 Å². The predicted octanol–water partition coefficient (Wildman–Crippen LogP) is -0.471. The van der Waals surface area contributed by atoms with Crippen LogP contribution in [-0.4, -0.2) is 39.9 Å². The Bertz CT molecular complexity index is 426. The van der Waals surface area contributed by atoms with E-state index in [-0.39, 0.29) is 0 Å². The molecule has 0 radical (unpaired) electrons. The largest absolute Gasteiger partial charge is 0.410 e. The van der Waals surface area contributed by atoms with Crippen LogP contribution in [0.5, 0.6) is 0 Å². The van der Waals surface area contributed by atoms with E-state index < -0.39 is 29.7 Å². The number of hydrogen-bond donors (Lipinski definition) is 2. The number of aliphatic hydroxyl groups is 2. The van der Waals surface area contributed by atoms with Crippen molar-refractivity contribution >= 4 is 17.9 Å². The summed E-state index contributed by atoms with van der Waals surface area (Å²) in [5.74, 6) is -9.79. The SMILES string of the molecule is C=CC(=O)OC(O)(O)C(C)(OC(=O)C=C)OC(=O)C=C. The molecule has 2 N–H and O–H groups in total. The Balaban J connectivity index is 5.46. The van der Waals surface area contributed by atoms with Crippen molar-refractivity contribution in [2.45, 2.75) is 18.7 Å². The standard InChI is InChI=1S/C12H14O8/c1-5-8(13)18-11(4,19-9(14)6-2)12(16,17)20-10(15)7-3/h5-7,16-17H,1-3H2,4H3. The first-order valence-corrected chi connectivity index (χ1v) is 5.13. The number of carbonyl (C=O) groups excluding carboxylic acids is 3. The fourth-order valence-electron chi connectivity index (χ4n) is 0.896. The van der Waals surface area contributed by atoms with Crippen molar-refractivity contribution in [1.82, 2.24) is 0 Å². The van der Waals surface area contributed by atoms with Crippen LogP contribution in [0.2, 0.25) is 0 Å². The van der Waals surface area contributed by atoms with Gasteiger partial charge in [-0.15, -0.1) is 0 Å². The first kappa shape index (κ1) is 17.6. The van der Waals surface area contributed by atoms with Gasteiger partial charge >= 0.3 is 29.7 Å². The summed E-state index contributed by atoms with van der Waals surface area (Å²) in [6.07, 6.45) is 1.96. The molecule has 110 valence electrons. The third kappa shape index (κ3) is 4.34. The van der Waals surface area contributed by atoms with Crippen molar-refractivity contribution in [2.24, 2.45) is 0 Å². The molecule has 0 aliphatic carbocycles. The second-order valence-electron chi connectivity index (χ2n) is 3.43. The lowest BCUT2D eigenvalue weighted by Gasteiger charge is -2.36. The van der Waals surface area contributed by atoms with Gasteiger partial charge in [-0.2, -0.15) is 0 Å². The highest BCUT2D eigenvalue weighted by Crippen LogP contribution is 2.28. The average Bonchev–Trinajstić information content (AvgIpc) is 2.37. The van der Waals surface area contributed by atoms with Gasteiger partial charge in [0.05, 0.1) is 0 Å². The molecule has 0 aliphatic rings. The number of hydrogen-bond acceptors (Lipinski definition) is 8. The molecule has 0 rings (SSSR count). The molecule has 0 aromatic rings. The Labute approximate surface area is 114 Å². The zero-order valence-electron chi connectivity index (χ0n) is 10.7. The van der Waals surface area contributed by atoms with E-state index in [1.807, 2.05) is 0 Å². The minimum Gasteiger partial charge on any atom is -0.410 e. The maximum absolute atomic E-state index is 11.2. The van der Waals surface area contributed by atoms with Gasteiger partial charge in [-0.05, 0) is 0 Å². The van der Waals surface area contributed by atoms with E-state index in [1.165, 1.54) is 0 Å². The molecular weight excluding hydrogens is 272 g/mol. The van der Waals surface area contributed by atoms with Crippen molar-refractivity contribution in [2.75, 3.05) is 0 Å². The molecule has 0 aromatic carbocycles. The van der Waals surface area contributed by atoms with E-state index in [2.05, 4.69) is 33.9 Å².